The van der Waals surface area contributed by atoms with Crippen molar-refractivity contribution in [2.24, 2.45) is 5.92 Å². The summed E-state index contributed by atoms with van der Waals surface area (Å²) in [6.45, 7) is 2.33. The fraction of sp³-hybridized carbons (Fsp3) is 0.429. The van der Waals surface area contributed by atoms with Crippen LogP contribution in [0.15, 0.2) is 48.5 Å². The Morgan fingerprint density at radius 2 is 1.36 bits per heavy atom. The zero-order chi connectivity index (χ0) is 15.4. The van der Waals surface area contributed by atoms with Gasteiger partial charge in [0.25, 0.3) is 0 Å². The first-order valence-electron chi connectivity index (χ1n) is 8.58. The average molecular weight is 313 g/mol. The van der Waals surface area contributed by atoms with Crippen LogP contribution in [-0.4, -0.2) is 0 Å². The Kier molecular flexibility index (Phi) is 5.20. The van der Waals surface area contributed by atoms with Gasteiger partial charge in [-0.05, 0) is 72.8 Å². The maximum Gasteiger partial charge on any atom is 0.0406 e. The highest BCUT2D eigenvalue weighted by molar-refractivity contribution is 6.30. The van der Waals surface area contributed by atoms with Gasteiger partial charge in [0.05, 0.1) is 0 Å². The lowest BCUT2D eigenvalue weighted by Gasteiger charge is -2.28. The monoisotopic (exact) mass is 312 g/mol. The van der Waals surface area contributed by atoms with E-state index < -0.39 is 0 Å². The Balaban J connectivity index is 1.62. The summed E-state index contributed by atoms with van der Waals surface area (Å²) in [7, 11) is 0. The van der Waals surface area contributed by atoms with E-state index in [0.717, 1.165) is 23.3 Å². The molecule has 0 radical (unpaired) electrons. The molecule has 2 aromatic carbocycles. The van der Waals surface area contributed by atoms with Crippen LogP contribution in [0.2, 0.25) is 5.02 Å². The Morgan fingerprint density at radius 3 is 1.91 bits per heavy atom. The summed E-state index contributed by atoms with van der Waals surface area (Å²) >= 11 is 5.94. The molecule has 0 nitrogen and oxygen atoms in total. The summed E-state index contributed by atoms with van der Waals surface area (Å²) in [5.74, 6) is 1.76. The lowest BCUT2D eigenvalue weighted by Crippen LogP contribution is -2.12. The van der Waals surface area contributed by atoms with Crippen molar-refractivity contribution in [1.82, 2.24) is 0 Å². The molecule has 0 heterocycles. The van der Waals surface area contributed by atoms with Gasteiger partial charge in [-0.2, -0.15) is 0 Å². The van der Waals surface area contributed by atoms with Crippen LogP contribution in [0.25, 0.3) is 0 Å². The molecule has 1 aliphatic rings. The van der Waals surface area contributed by atoms with Gasteiger partial charge in [0.2, 0.25) is 0 Å². The smallest absolute Gasteiger partial charge is 0.0406 e. The van der Waals surface area contributed by atoms with Crippen molar-refractivity contribution in [2.75, 3.05) is 0 Å². The lowest BCUT2D eigenvalue weighted by molar-refractivity contribution is 0.319. The molecule has 2 aromatic rings. The standard InChI is InChI=1S/C21H25Cl/c1-2-16-3-9-19(10-4-16)20-11-5-17(6-12-20)15-18-7-13-21(22)14-8-18/h5-8,11-14,16,19H,2-4,9-10,15H2,1H3. The quantitative estimate of drug-likeness (QED) is 0.595. The summed E-state index contributed by atoms with van der Waals surface area (Å²) in [6.07, 6.45) is 7.90. The molecule has 0 N–H and O–H groups in total. The molecule has 116 valence electrons. The second-order valence-electron chi connectivity index (χ2n) is 6.67. The van der Waals surface area contributed by atoms with E-state index in [1.54, 1.807) is 0 Å². The van der Waals surface area contributed by atoms with Crippen molar-refractivity contribution in [3.05, 3.63) is 70.2 Å². The molecular weight excluding hydrogens is 288 g/mol. The summed E-state index contributed by atoms with van der Waals surface area (Å²) in [4.78, 5) is 0. The van der Waals surface area contributed by atoms with E-state index in [0.29, 0.717) is 0 Å². The summed E-state index contributed by atoms with van der Waals surface area (Å²) in [6, 6.07) is 17.5. The lowest BCUT2D eigenvalue weighted by atomic mass is 9.78. The summed E-state index contributed by atoms with van der Waals surface area (Å²) < 4.78 is 0. The highest BCUT2D eigenvalue weighted by Crippen LogP contribution is 2.36. The van der Waals surface area contributed by atoms with E-state index in [9.17, 15) is 0 Å². The van der Waals surface area contributed by atoms with Crippen LogP contribution in [0.1, 0.15) is 61.6 Å². The molecule has 1 aliphatic carbocycles. The largest absolute Gasteiger partial charge is 0.0843 e. The number of hydrogen-bond acceptors (Lipinski definition) is 0. The van der Waals surface area contributed by atoms with Gasteiger partial charge in [-0.3, -0.25) is 0 Å². The van der Waals surface area contributed by atoms with Gasteiger partial charge in [-0.1, -0.05) is 61.3 Å². The van der Waals surface area contributed by atoms with E-state index in [-0.39, 0.29) is 0 Å². The molecule has 0 atom stereocenters. The van der Waals surface area contributed by atoms with Crippen molar-refractivity contribution in [1.29, 1.82) is 0 Å². The minimum Gasteiger partial charge on any atom is -0.0843 e. The minimum absolute atomic E-state index is 0.785. The third-order valence-electron chi connectivity index (χ3n) is 5.20. The van der Waals surface area contributed by atoms with Crippen LogP contribution in [0.4, 0.5) is 0 Å². The van der Waals surface area contributed by atoms with E-state index in [2.05, 4.69) is 43.3 Å². The second-order valence-corrected chi connectivity index (χ2v) is 7.11. The van der Waals surface area contributed by atoms with Gasteiger partial charge in [0.15, 0.2) is 0 Å². The molecule has 1 heteroatoms. The molecule has 0 unspecified atom stereocenters. The Bertz CT molecular complexity index is 574. The highest BCUT2D eigenvalue weighted by atomic mass is 35.5. The molecule has 22 heavy (non-hydrogen) atoms. The van der Waals surface area contributed by atoms with Gasteiger partial charge in [-0.25, -0.2) is 0 Å². The zero-order valence-electron chi connectivity index (χ0n) is 13.4. The van der Waals surface area contributed by atoms with Crippen LogP contribution < -0.4 is 0 Å². The third kappa shape index (κ3) is 3.93. The molecule has 1 fully saturated rings. The maximum absolute atomic E-state index is 5.94. The molecule has 0 amide bonds. The third-order valence-corrected chi connectivity index (χ3v) is 5.45. The van der Waals surface area contributed by atoms with E-state index >= 15 is 0 Å². The molecule has 3 rings (SSSR count). The predicted octanol–water partition coefficient (Wildman–Crippen LogP) is 6.61. The molecule has 0 spiro atoms. The summed E-state index contributed by atoms with van der Waals surface area (Å²) in [5.41, 5.74) is 4.24. The van der Waals surface area contributed by atoms with Gasteiger partial charge < -0.3 is 0 Å². The molecule has 0 aliphatic heterocycles. The number of hydrogen-bond donors (Lipinski definition) is 0. The SMILES string of the molecule is CCC1CCC(c2ccc(Cc3ccc(Cl)cc3)cc2)CC1. The van der Waals surface area contributed by atoms with Crippen molar-refractivity contribution in [3.63, 3.8) is 0 Å². The van der Waals surface area contributed by atoms with Crippen molar-refractivity contribution in [3.8, 4) is 0 Å². The Labute approximate surface area is 139 Å². The van der Waals surface area contributed by atoms with E-state index in [1.165, 1.54) is 48.8 Å². The van der Waals surface area contributed by atoms with Gasteiger partial charge in [0, 0.05) is 5.02 Å². The molecule has 0 bridgehead atoms. The van der Waals surface area contributed by atoms with Gasteiger partial charge >= 0.3 is 0 Å². The van der Waals surface area contributed by atoms with Gasteiger partial charge in [-0.15, -0.1) is 0 Å². The molecule has 0 saturated heterocycles. The highest BCUT2D eigenvalue weighted by Gasteiger charge is 2.20. The van der Waals surface area contributed by atoms with Crippen LogP contribution in [0, 0.1) is 5.92 Å². The first kappa shape index (κ1) is 15.6. The first-order valence-corrected chi connectivity index (χ1v) is 8.95. The van der Waals surface area contributed by atoms with Crippen LogP contribution in [0.3, 0.4) is 0 Å². The van der Waals surface area contributed by atoms with Crippen LogP contribution in [0.5, 0.6) is 0 Å². The predicted molar refractivity (Wildman–Crippen MR) is 95.7 cm³/mol. The van der Waals surface area contributed by atoms with Crippen molar-refractivity contribution >= 4 is 11.6 Å². The summed E-state index contributed by atoms with van der Waals surface area (Å²) in [5, 5.41) is 0.807. The van der Waals surface area contributed by atoms with Crippen molar-refractivity contribution in [2.45, 2.75) is 51.4 Å². The van der Waals surface area contributed by atoms with Crippen LogP contribution >= 0.6 is 11.6 Å². The number of rotatable bonds is 4. The topological polar surface area (TPSA) is 0 Å². The fourth-order valence-electron chi connectivity index (χ4n) is 3.65. The van der Waals surface area contributed by atoms with E-state index in [1.807, 2.05) is 12.1 Å². The van der Waals surface area contributed by atoms with E-state index in [4.69, 9.17) is 11.6 Å². The van der Waals surface area contributed by atoms with Gasteiger partial charge in [0.1, 0.15) is 0 Å². The normalized spacial score (nSPS) is 21.7. The molecule has 0 aromatic heterocycles. The Morgan fingerprint density at radius 1 is 0.818 bits per heavy atom. The average Bonchev–Trinajstić information content (AvgIpc) is 2.58. The number of benzene rings is 2. The molecule has 1 saturated carbocycles. The fourth-order valence-corrected chi connectivity index (χ4v) is 3.78. The minimum atomic E-state index is 0.785. The Hall–Kier alpha value is -1.27. The molecular formula is C21H25Cl. The second kappa shape index (κ2) is 7.33. The first-order chi connectivity index (χ1) is 10.7. The number of halogens is 1. The van der Waals surface area contributed by atoms with Crippen molar-refractivity contribution < 1.29 is 0 Å². The zero-order valence-corrected chi connectivity index (χ0v) is 14.2. The maximum atomic E-state index is 5.94. The van der Waals surface area contributed by atoms with Crippen LogP contribution in [-0.2, 0) is 6.42 Å².